The van der Waals surface area contributed by atoms with Crippen molar-refractivity contribution in [3.05, 3.63) is 73.4 Å². The summed E-state index contributed by atoms with van der Waals surface area (Å²) in [7, 11) is 0. The number of fused-ring (bicyclic) bond motifs is 2. The first-order valence-corrected chi connectivity index (χ1v) is 16.0. The lowest BCUT2D eigenvalue weighted by molar-refractivity contribution is 0.0699. The fourth-order valence-corrected chi connectivity index (χ4v) is 7.72. The number of aryl methyl sites for hydroxylation is 3. The van der Waals surface area contributed by atoms with Crippen LogP contribution in [0.5, 0.6) is 5.75 Å². The van der Waals surface area contributed by atoms with Crippen molar-refractivity contribution in [2.24, 2.45) is 0 Å². The monoisotopic (exact) mass is 604 g/mol. The molecule has 2 saturated carbocycles. The van der Waals surface area contributed by atoms with E-state index < -0.39 is 5.97 Å². The molecule has 0 spiro atoms. The molecular weight excluding hydrogens is 572 g/mol. The van der Waals surface area contributed by atoms with Crippen LogP contribution in [0.25, 0.3) is 21.3 Å². The van der Waals surface area contributed by atoms with Crippen LogP contribution in [0.4, 0.5) is 0 Å². The summed E-state index contributed by atoms with van der Waals surface area (Å²) >= 11 is 7.75. The van der Waals surface area contributed by atoms with Crippen molar-refractivity contribution in [3.63, 3.8) is 0 Å². The molecule has 3 aliphatic rings. The van der Waals surface area contributed by atoms with Crippen molar-refractivity contribution >= 4 is 39.1 Å². The van der Waals surface area contributed by atoms with E-state index in [2.05, 4.69) is 9.88 Å². The highest BCUT2D eigenvalue weighted by Gasteiger charge is 2.44. The third-order valence-electron chi connectivity index (χ3n) is 8.74. The number of ether oxygens (including phenoxy) is 1. The first-order valence-electron chi connectivity index (χ1n) is 14.7. The molecule has 3 heterocycles. The molecule has 2 fully saturated rings. The number of pyridine rings is 1. The lowest BCUT2D eigenvalue weighted by atomic mass is 9.91. The second kappa shape index (κ2) is 10.8. The molecule has 3 aliphatic carbocycles. The van der Waals surface area contributed by atoms with E-state index in [0.29, 0.717) is 52.5 Å². The first kappa shape index (κ1) is 27.6. The fourth-order valence-electron chi connectivity index (χ4n) is 6.54. The zero-order valence-corrected chi connectivity index (χ0v) is 25.3. The molecule has 3 aromatic heterocycles. The van der Waals surface area contributed by atoms with Crippen LogP contribution in [0.2, 0.25) is 5.02 Å². The minimum atomic E-state index is -1.01. The van der Waals surface area contributed by atoms with Crippen molar-refractivity contribution in [2.45, 2.75) is 83.5 Å². The summed E-state index contributed by atoms with van der Waals surface area (Å²) in [6, 6.07) is 9.20. The number of halogens is 1. The SMILES string of the molecule is Cc1cc(-c2cc(Cl)ccc2OCCn2c(C)nc3c(c2=O)CC(N(C2CC2)C2CC2)CC3)c2scc(C(=O)O)c2n1. The highest BCUT2D eigenvalue weighted by molar-refractivity contribution is 7.18. The number of carbonyl (C=O) groups is 1. The van der Waals surface area contributed by atoms with Crippen molar-refractivity contribution in [1.29, 1.82) is 0 Å². The minimum absolute atomic E-state index is 0.0555. The summed E-state index contributed by atoms with van der Waals surface area (Å²) in [5, 5.41) is 11.8. The Kier molecular flexibility index (Phi) is 7.07. The first-order chi connectivity index (χ1) is 20.3. The quantitative estimate of drug-likeness (QED) is 0.248. The van der Waals surface area contributed by atoms with Gasteiger partial charge in [-0.05, 0) is 83.1 Å². The number of nitrogens with zero attached hydrogens (tertiary/aromatic N) is 4. The number of hydrogen-bond donors (Lipinski definition) is 1. The molecule has 8 nitrogen and oxygen atoms in total. The number of carboxylic acid groups (broad SMARTS) is 1. The molecule has 4 aromatic rings. The molecule has 1 atom stereocenters. The predicted molar refractivity (Wildman–Crippen MR) is 164 cm³/mol. The summed E-state index contributed by atoms with van der Waals surface area (Å²) in [6.45, 7) is 4.39. The number of carboxylic acids is 1. The third-order valence-corrected chi connectivity index (χ3v) is 9.97. The number of thiophene rings is 1. The average Bonchev–Trinajstić information content (AvgIpc) is 3.90. The van der Waals surface area contributed by atoms with Gasteiger partial charge in [0.2, 0.25) is 0 Å². The summed E-state index contributed by atoms with van der Waals surface area (Å²) < 4.78 is 8.81. The Hall–Kier alpha value is -3.27. The lowest BCUT2D eigenvalue weighted by Gasteiger charge is -2.35. The van der Waals surface area contributed by atoms with Gasteiger partial charge in [0.25, 0.3) is 5.56 Å². The van der Waals surface area contributed by atoms with Crippen molar-refractivity contribution in [1.82, 2.24) is 19.4 Å². The van der Waals surface area contributed by atoms with Crippen molar-refractivity contribution in [2.75, 3.05) is 6.61 Å². The van der Waals surface area contributed by atoms with Gasteiger partial charge in [-0.25, -0.2) is 9.78 Å². The maximum atomic E-state index is 13.8. The smallest absolute Gasteiger partial charge is 0.338 e. The molecule has 1 N–H and O–H groups in total. The normalized spacial score (nSPS) is 18.4. The minimum Gasteiger partial charge on any atom is -0.491 e. The van der Waals surface area contributed by atoms with Gasteiger partial charge in [-0.15, -0.1) is 11.3 Å². The van der Waals surface area contributed by atoms with Gasteiger partial charge in [0, 0.05) is 50.9 Å². The van der Waals surface area contributed by atoms with Crippen LogP contribution in [0.1, 0.15) is 65.2 Å². The van der Waals surface area contributed by atoms with Crippen LogP contribution < -0.4 is 10.3 Å². The summed E-state index contributed by atoms with van der Waals surface area (Å²) in [4.78, 5) is 37.6. The molecule has 7 rings (SSSR count). The van der Waals surface area contributed by atoms with Crippen LogP contribution in [-0.4, -0.2) is 55.2 Å². The van der Waals surface area contributed by atoms with E-state index in [-0.39, 0.29) is 17.7 Å². The predicted octanol–water partition coefficient (Wildman–Crippen LogP) is 6.05. The highest BCUT2D eigenvalue weighted by Crippen LogP contribution is 2.42. The van der Waals surface area contributed by atoms with E-state index in [9.17, 15) is 14.7 Å². The molecular formula is C32H33ClN4O4S. The molecule has 0 saturated heterocycles. The van der Waals surface area contributed by atoms with Gasteiger partial charge in [0.05, 0.1) is 28.0 Å². The van der Waals surface area contributed by atoms with Crippen molar-refractivity contribution < 1.29 is 14.6 Å². The van der Waals surface area contributed by atoms with E-state index in [4.69, 9.17) is 21.3 Å². The summed E-state index contributed by atoms with van der Waals surface area (Å²) in [5.41, 5.74) is 4.80. The van der Waals surface area contributed by atoms with Crippen LogP contribution in [0.15, 0.2) is 34.4 Å². The van der Waals surface area contributed by atoms with E-state index in [1.807, 2.05) is 32.0 Å². The highest BCUT2D eigenvalue weighted by atomic mass is 35.5. The average molecular weight is 605 g/mol. The Morgan fingerprint density at radius 1 is 1.10 bits per heavy atom. The van der Waals surface area contributed by atoms with Crippen LogP contribution in [-0.2, 0) is 19.4 Å². The van der Waals surface area contributed by atoms with Gasteiger partial charge in [-0.2, -0.15) is 0 Å². The van der Waals surface area contributed by atoms with E-state index in [1.165, 1.54) is 37.0 Å². The summed E-state index contributed by atoms with van der Waals surface area (Å²) in [6.07, 6.45) is 7.89. The van der Waals surface area contributed by atoms with Crippen molar-refractivity contribution in [3.8, 4) is 16.9 Å². The molecule has 1 unspecified atom stereocenters. The van der Waals surface area contributed by atoms with Gasteiger partial charge in [0.1, 0.15) is 18.2 Å². The Balaban J connectivity index is 1.14. The maximum Gasteiger partial charge on any atom is 0.338 e. The largest absolute Gasteiger partial charge is 0.491 e. The molecule has 1 aromatic carbocycles. The topological polar surface area (TPSA) is 97.6 Å². The van der Waals surface area contributed by atoms with Gasteiger partial charge in [0.15, 0.2) is 0 Å². The molecule has 0 radical (unpaired) electrons. The molecule has 218 valence electrons. The van der Waals surface area contributed by atoms with Gasteiger partial charge in [-0.3, -0.25) is 19.2 Å². The zero-order valence-electron chi connectivity index (χ0n) is 23.7. The lowest BCUT2D eigenvalue weighted by Crippen LogP contribution is -2.45. The van der Waals surface area contributed by atoms with Gasteiger partial charge >= 0.3 is 5.97 Å². The maximum absolute atomic E-state index is 13.8. The molecule has 42 heavy (non-hydrogen) atoms. The van der Waals surface area contributed by atoms with Crippen LogP contribution in [0, 0.1) is 13.8 Å². The van der Waals surface area contributed by atoms with E-state index >= 15 is 0 Å². The Labute approximate surface area is 252 Å². The van der Waals surface area contributed by atoms with Gasteiger partial charge < -0.3 is 9.84 Å². The number of benzene rings is 1. The zero-order chi connectivity index (χ0) is 29.1. The standard InChI is InChI=1S/C32H33ClN4O4S/c1-17-13-24(30-29(34-17)26(16-42-30)32(39)40)23-14-19(33)3-10-28(23)41-12-11-36-18(2)35-27-9-8-22(15-25(27)31(36)38)37(20-4-5-20)21-6-7-21/h3,10,13-14,16,20-22H,4-9,11-12,15H2,1-2H3,(H,39,40). The van der Waals surface area contributed by atoms with Crippen LogP contribution >= 0.6 is 22.9 Å². The Bertz CT molecular complexity index is 1760. The molecule has 0 amide bonds. The second-order valence-electron chi connectivity index (χ2n) is 11.8. The Morgan fingerprint density at radius 3 is 2.57 bits per heavy atom. The number of hydrogen-bond acceptors (Lipinski definition) is 7. The third kappa shape index (κ3) is 5.12. The van der Waals surface area contributed by atoms with Crippen LogP contribution in [0.3, 0.4) is 0 Å². The molecule has 0 aliphatic heterocycles. The molecule has 10 heteroatoms. The number of aromatic carboxylic acids is 1. The Morgan fingerprint density at radius 2 is 1.86 bits per heavy atom. The number of rotatable bonds is 9. The molecule has 0 bridgehead atoms. The van der Waals surface area contributed by atoms with E-state index in [0.717, 1.165) is 46.3 Å². The fraction of sp³-hybridized carbons (Fsp3) is 0.438. The van der Waals surface area contributed by atoms with E-state index in [1.54, 1.807) is 16.0 Å². The number of aromatic nitrogens is 3. The second-order valence-corrected chi connectivity index (χ2v) is 13.1. The van der Waals surface area contributed by atoms with Gasteiger partial charge in [-0.1, -0.05) is 11.6 Å². The summed E-state index contributed by atoms with van der Waals surface area (Å²) in [5.74, 6) is 0.314.